The van der Waals surface area contributed by atoms with Gasteiger partial charge in [0.25, 0.3) is 0 Å². The molecule has 1 aliphatic rings. The van der Waals surface area contributed by atoms with Crippen LogP contribution < -0.4 is 0 Å². The summed E-state index contributed by atoms with van der Waals surface area (Å²) >= 11 is 2.15. The lowest BCUT2D eigenvalue weighted by molar-refractivity contribution is -0.00861. The number of hydrogen-bond donors (Lipinski definition) is 0. The van der Waals surface area contributed by atoms with Gasteiger partial charge in [0, 0.05) is 13.1 Å². The molecule has 1 aliphatic heterocycles. The van der Waals surface area contributed by atoms with Crippen LogP contribution in [0.1, 0.15) is 20.8 Å². The number of nitrogens with zero attached hydrogens (tertiary/aromatic N) is 1. The highest BCUT2D eigenvalue weighted by molar-refractivity contribution is 14.1. The maximum Gasteiger partial charge on any atom is 0.0674 e. The molecule has 76 valence electrons. The maximum absolute atomic E-state index is 5.31. The van der Waals surface area contributed by atoms with Gasteiger partial charge in [-0.25, -0.2) is 0 Å². The van der Waals surface area contributed by atoms with Gasteiger partial charge in [-0.1, -0.05) is 36.4 Å². The minimum atomic E-state index is 0.439. The van der Waals surface area contributed by atoms with Crippen molar-refractivity contribution in [1.29, 1.82) is 0 Å². The Bertz CT molecular complexity index is 72.9. The second-order valence-electron chi connectivity index (χ2n) is 2.44. The van der Waals surface area contributed by atoms with Gasteiger partial charge >= 0.3 is 0 Å². The van der Waals surface area contributed by atoms with E-state index < -0.39 is 0 Å². The normalized spacial score (nSPS) is 23.0. The van der Waals surface area contributed by atoms with Crippen molar-refractivity contribution in [2.75, 3.05) is 31.7 Å². The number of morpholine rings is 1. The molecule has 1 heterocycles. The Balaban J connectivity index is 0. The molecular formula is C9H22INO. The monoisotopic (exact) mass is 287 g/mol. The summed E-state index contributed by atoms with van der Waals surface area (Å²) in [5, 5.41) is 0. The first kappa shape index (κ1) is 15.1. The van der Waals surface area contributed by atoms with Crippen LogP contribution in [0.5, 0.6) is 0 Å². The highest BCUT2D eigenvalue weighted by Gasteiger charge is 2.11. The molecule has 2 nitrogen and oxygen atoms in total. The van der Waals surface area contributed by atoms with E-state index >= 15 is 0 Å². The predicted octanol–water partition coefficient (Wildman–Crippen LogP) is 2.41. The summed E-state index contributed by atoms with van der Waals surface area (Å²) in [5.41, 5.74) is 0. The maximum atomic E-state index is 5.31. The zero-order chi connectivity index (χ0) is 9.98. The molecule has 0 saturated carbocycles. The Kier molecular flexibility index (Phi) is 14.7. The van der Waals surface area contributed by atoms with Crippen molar-refractivity contribution in [2.24, 2.45) is 0 Å². The summed E-state index contributed by atoms with van der Waals surface area (Å²) in [6.07, 6.45) is 0.439. The van der Waals surface area contributed by atoms with Gasteiger partial charge in [-0.15, -0.1) is 0 Å². The van der Waals surface area contributed by atoms with Crippen molar-refractivity contribution in [3.63, 3.8) is 0 Å². The van der Waals surface area contributed by atoms with E-state index in [0.717, 1.165) is 19.7 Å². The number of likely N-dealkylation sites (N-methyl/N-ethyl adjacent to an activating group) is 1. The number of ether oxygens (including phenoxy) is 1. The van der Waals surface area contributed by atoms with Crippen LogP contribution in [-0.4, -0.2) is 42.7 Å². The topological polar surface area (TPSA) is 12.5 Å². The number of halogens is 1. The van der Waals surface area contributed by atoms with E-state index in [4.69, 9.17) is 4.74 Å². The zero-order valence-electron chi connectivity index (χ0n) is 8.93. The fourth-order valence-corrected chi connectivity index (χ4v) is 0.993. The largest absolute Gasteiger partial charge is 0.376 e. The Morgan fingerprint density at radius 3 is 2.08 bits per heavy atom. The van der Waals surface area contributed by atoms with E-state index in [2.05, 4.69) is 41.5 Å². The van der Waals surface area contributed by atoms with Crippen molar-refractivity contribution < 1.29 is 4.74 Å². The number of hydrogen-bond acceptors (Lipinski definition) is 2. The van der Waals surface area contributed by atoms with E-state index in [9.17, 15) is 0 Å². The van der Waals surface area contributed by atoms with Crippen molar-refractivity contribution >= 4 is 22.6 Å². The molecule has 1 fully saturated rings. The molecule has 0 aromatic heterocycles. The van der Waals surface area contributed by atoms with Crippen LogP contribution in [0.2, 0.25) is 0 Å². The molecule has 0 aliphatic carbocycles. The van der Waals surface area contributed by atoms with Crippen LogP contribution >= 0.6 is 22.6 Å². The molecule has 0 bridgehead atoms. The molecule has 1 atom stereocenters. The lowest BCUT2D eigenvalue weighted by Crippen LogP contribution is -2.38. The highest BCUT2D eigenvalue weighted by atomic mass is 127. The third-order valence-corrected chi connectivity index (χ3v) is 1.44. The lowest BCUT2D eigenvalue weighted by atomic mass is 10.3. The Hall–Kier alpha value is 0.650. The first-order chi connectivity index (χ1) is 5.79. The molecular weight excluding hydrogens is 265 g/mol. The first-order valence-corrected chi connectivity index (χ1v) is 6.63. The minimum Gasteiger partial charge on any atom is -0.376 e. The van der Waals surface area contributed by atoms with Crippen LogP contribution in [0, 0.1) is 0 Å². The number of rotatable bonds is 0. The van der Waals surface area contributed by atoms with E-state index in [-0.39, 0.29) is 0 Å². The minimum absolute atomic E-state index is 0.439. The van der Waals surface area contributed by atoms with Gasteiger partial charge in [0.1, 0.15) is 0 Å². The molecule has 1 unspecified atom stereocenters. The second-order valence-corrected chi connectivity index (χ2v) is 2.44. The average Bonchev–Trinajstić information content (AvgIpc) is 2.11. The quantitative estimate of drug-likeness (QED) is 0.501. The molecule has 3 heteroatoms. The van der Waals surface area contributed by atoms with Crippen LogP contribution in [0.4, 0.5) is 0 Å². The van der Waals surface area contributed by atoms with Crippen LogP contribution in [0.15, 0.2) is 0 Å². The van der Waals surface area contributed by atoms with E-state index in [1.165, 1.54) is 0 Å². The predicted molar refractivity (Wildman–Crippen MR) is 64.2 cm³/mol. The molecule has 0 spiro atoms. The molecule has 0 amide bonds. The summed E-state index contributed by atoms with van der Waals surface area (Å²) in [4.78, 5) is 4.26. The molecule has 12 heavy (non-hydrogen) atoms. The van der Waals surface area contributed by atoms with E-state index in [0.29, 0.717) is 6.10 Å². The smallest absolute Gasteiger partial charge is 0.0674 e. The van der Waals surface area contributed by atoms with Gasteiger partial charge in [-0.05, 0) is 18.9 Å². The Morgan fingerprint density at radius 2 is 1.83 bits per heavy atom. The van der Waals surface area contributed by atoms with E-state index in [1.807, 2.05) is 18.8 Å². The molecule has 0 radical (unpaired) electrons. The lowest BCUT2D eigenvalue weighted by Gasteiger charge is -2.27. The summed E-state index contributed by atoms with van der Waals surface area (Å²) in [6, 6.07) is 0. The number of alkyl halides is 1. The van der Waals surface area contributed by atoms with Crippen molar-refractivity contribution in [3.05, 3.63) is 0 Å². The highest BCUT2D eigenvalue weighted by Crippen LogP contribution is 1.99. The molecule has 0 N–H and O–H groups in total. The zero-order valence-corrected chi connectivity index (χ0v) is 11.1. The first-order valence-electron chi connectivity index (χ1n) is 4.47. The van der Waals surface area contributed by atoms with Gasteiger partial charge in [0.2, 0.25) is 0 Å². The van der Waals surface area contributed by atoms with Gasteiger partial charge in [0.15, 0.2) is 0 Å². The van der Waals surface area contributed by atoms with Gasteiger partial charge in [-0.3, -0.25) is 0 Å². The molecule has 1 saturated heterocycles. The van der Waals surface area contributed by atoms with Crippen LogP contribution in [0.25, 0.3) is 0 Å². The Labute approximate surface area is 90.8 Å². The Morgan fingerprint density at radius 1 is 1.33 bits per heavy atom. The van der Waals surface area contributed by atoms with Gasteiger partial charge in [0.05, 0.1) is 12.7 Å². The fraction of sp³-hybridized carbons (Fsp3) is 1.00. The third-order valence-electron chi connectivity index (χ3n) is 1.44. The molecule has 0 aromatic rings. The van der Waals surface area contributed by atoms with Gasteiger partial charge in [-0.2, -0.15) is 0 Å². The summed E-state index contributed by atoms with van der Waals surface area (Å²) in [5.74, 6) is 0. The SMILES string of the molecule is CC.CC1CN(C)CCO1.CI. The average molecular weight is 287 g/mol. The van der Waals surface area contributed by atoms with Crippen LogP contribution in [-0.2, 0) is 4.74 Å². The standard InChI is InChI=1S/C6H13NO.C2H6.CH3I/c1-6-5-7(2)3-4-8-6;2*1-2/h6H,3-5H2,1-2H3;1-2H3;1H3. The summed E-state index contributed by atoms with van der Waals surface area (Å²) in [6.45, 7) is 9.18. The molecule has 0 aromatic carbocycles. The third kappa shape index (κ3) is 8.74. The van der Waals surface area contributed by atoms with E-state index in [1.54, 1.807) is 0 Å². The summed E-state index contributed by atoms with van der Waals surface area (Å²) in [7, 11) is 2.12. The summed E-state index contributed by atoms with van der Waals surface area (Å²) < 4.78 is 5.31. The van der Waals surface area contributed by atoms with Crippen molar-refractivity contribution in [1.82, 2.24) is 4.90 Å². The molecule has 1 rings (SSSR count). The van der Waals surface area contributed by atoms with Crippen LogP contribution in [0.3, 0.4) is 0 Å². The van der Waals surface area contributed by atoms with Gasteiger partial charge < -0.3 is 9.64 Å². The second kappa shape index (κ2) is 11.6. The van der Waals surface area contributed by atoms with Crippen molar-refractivity contribution in [3.8, 4) is 0 Å². The fourth-order valence-electron chi connectivity index (χ4n) is 0.993. The van der Waals surface area contributed by atoms with Crippen molar-refractivity contribution in [2.45, 2.75) is 26.9 Å².